The van der Waals surface area contributed by atoms with E-state index in [1.165, 1.54) is 31.4 Å². The Labute approximate surface area is 86.0 Å². The van der Waals surface area contributed by atoms with Crippen LogP contribution in [0.25, 0.3) is 0 Å². The Hall–Kier alpha value is 0.270. The molecule has 3 unspecified atom stereocenters. The van der Waals surface area contributed by atoms with Crippen molar-refractivity contribution in [2.75, 3.05) is 5.75 Å². The molecule has 0 saturated carbocycles. The van der Waals surface area contributed by atoms with E-state index in [1.807, 2.05) is 0 Å². The molecule has 0 radical (unpaired) electrons. The minimum absolute atomic E-state index is 0.510. The molecule has 1 heterocycles. The minimum Gasteiger partial charge on any atom is -0.271 e. The van der Waals surface area contributed by atoms with Gasteiger partial charge in [0.1, 0.15) is 0 Å². The molecule has 0 aliphatic carbocycles. The molecule has 0 amide bonds. The first-order chi connectivity index (χ1) is 6.29. The average Bonchev–Trinajstić information content (AvgIpc) is 2.20. The van der Waals surface area contributed by atoms with Crippen LogP contribution in [0.5, 0.6) is 0 Å². The molecule has 0 aromatic heterocycles. The summed E-state index contributed by atoms with van der Waals surface area (Å²) in [5.74, 6) is 7.63. The zero-order chi connectivity index (χ0) is 9.68. The van der Waals surface area contributed by atoms with Crippen LogP contribution in [0.3, 0.4) is 0 Å². The van der Waals surface area contributed by atoms with Gasteiger partial charge < -0.3 is 0 Å². The first-order valence-corrected chi connectivity index (χ1v) is 6.42. The van der Waals surface area contributed by atoms with E-state index in [9.17, 15) is 0 Å². The number of nitrogens with one attached hydrogen (secondary N) is 1. The van der Waals surface area contributed by atoms with Crippen LogP contribution in [0.15, 0.2) is 0 Å². The third-order valence-corrected chi connectivity index (χ3v) is 4.55. The first-order valence-electron chi connectivity index (χ1n) is 5.37. The predicted octanol–water partition coefficient (Wildman–Crippen LogP) is 2.15. The topological polar surface area (TPSA) is 38.0 Å². The number of hydrogen-bond acceptors (Lipinski definition) is 3. The molecule has 78 valence electrons. The second kappa shape index (κ2) is 5.89. The van der Waals surface area contributed by atoms with Crippen molar-refractivity contribution in [2.24, 2.45) is 11.8 Å². The minimum atomic E-state index is 0.510. The summed E-state index contributed by atoms with van der Waals surface area (Å²) in [6, 6.07) is 0.510. The monoisotopic (exact) mass is 202 g/mol. The van der Waals surface area contributed by atoms with Gasteiger partial charge in [-0.2, -0.15) is 11.8 Å². The van der Waals surface area contributed by atoms with E-state index in [0.717, 1.165) is 5.25 Å². The number of nitrogens with two attached hydrogens (primary N) is 1. The number of hydrazine groups is 1. The van der Waals surface area contributed by atoms with Crippen LogP contribution in [0.1, 0.15) is 39.5 Å². The SMILES string of the molecule is CCC(C)C(NN)C1CCCCS1. The Morgan fingerprint density at radius 3 is 2.77 bits per heavy atom. The number of rotatable bonds is 4. The summed E-state index contributed by atoms with van der Waals surface area (Å²) < 4.78 is 0. The highest BCUT2D eigenvalue weighted by Crippen LogP contribution is 2.30. The van der Waals surface area contributed by atoms with Crippen molar-refractivity contribution < 1.29 is 0 Å². The fourth-order valence-corrected chi connectivity index (χ4v) is 3.50. The van der Waals surface area contributed by atoms with Crippen LogP contribution in [0.4, 0.5) is 0 Å². The molecule has 0 aromatic carbocycles. The van der Waals surface area contributed by atoms with E-state index >= 15 is 0 Å². The molecule has 1 saturated heterocycles. The molecular weight excluding hydrogens is 180 g/mol. The Balaban J connectivity index is 2.43. The van der Waals surface area contributed by atoms with Gasteiger partial charge in [0.05, 0.1) is 0 Å². The first kappa shape index (κ1) is 11.3. The maximum absolute atomic E-state index is 5.62. The smallest absolute Gasteiger partial charge is 0.0354 e. The van der Waals surface area contributed by atoms with Gasteiger partial charge in [0.2, 0.25) is 0 Å². The van der Waals surface area contributed by atoms with E-state index in [0.29, 0.717) is 12.0 Å². The summed E-state index contributed by atoms with van der Waals surface area (Å²) in [6.07, 6.45) is 5.32. The lowest BCUT2D eigenvalue weighted by molar-refractivity contribution is 0.348. The van der Waals surface area contributed by atoms with E-state index in [2.05, 4.69) is 31.0 Å². The lowest BCUT2D eigenvalue weighted by Crippen LogP contribution is -2.47. The second-order valence-corrected chi connectivity index (χ2v) is 5.33. The van der Waals surface area contributed by atoms with Crippen molar-refractivity contribution in [3.63, 3.8) is 0 Å². The van der Waals surface area contributed by atoms with Crippen LogP contribution in [0, 0.1) is 5.92 Å². The lowest BCUT2D eigenvalue weighted by Gasteiger charge is -2.32. The molecule has 0 spiro atoms. The highest BCUT2D eigenvalue weighted by molar-refractivity contribution is 8.00. The molecule has 1 fully saturated rings. The quantitative estimate of drug-likeness (QED) is 0.542. The van der Waals surface area contributed by atoms with Gasteiger partial charge in [-0.05, 0) is 24.5 Å². The van der Waals surface area contributed by atoms with Crippen molar-refractivity contribution in [2.45, 2.75) is 50.8 Å². The number of thioether (sulfide) groups is 1. The maximum Gasteiger partial charge on any atom is 0.0354 e. The zero-order valence-corrected chi connectivity index (χ0v) is 9.57. The Kier molecular flexibility index (Phi) is 5.14. The second-order valence-electron chi connectivity index (χ2n) is 3.98. The fraction of sp³-hybridized carbons (Fsp3) is 1.00. The number of hydrogen-bond donors (Lipinski definition) is 2. The Morgan fingerprint density at radius 2 is 2.31 bits per heavy atom. The molecule has 3 N–H and O–H groups in total. The molecule has 1 rings (SSSR count). The van der Waals surface area contributed by atoms with E-state index in [1.54, 1.807) is 0 Å². The van der Waals surface area contributed by atoms with Crippen LogP contribution < -0.4 is 11.3 Å². The van der Waals surface area contributed by atoms with Crippen molar-refractivity contribution >= 4 is 11.8 Å². The molecule has 13 heavy (non-hydrogen) atoms. The van der Waals surface area contributed by atoms with Gasteiger partial charge >= 0.3 is 0 Å². The van der Waals surface area contributed by atoms with Gasteiger partial charge in [0, 0.05) is 11.3 Å². The maximum atomic E-state index is 5.62. The van der Waals surface area contributed by atoms with Gasteiger partial charge in [0.25, 0.3) is 0 Å². The molecular formula is C10H22N2S. The zero-order valence-electron chi connectivity index (χ0n) is 8.75. The highest BCUT2D eigenvalue weighted by Gasteiger charge is 2.26. The van der Waals surface area contributed by atoms with E-state index in [-0.39, 0.29) is 0 Å². The van der Waals surface area contributed by atoms with Gasteiger partial charge in [-0.1, -0.05) is 26.7 Å². The average molecular weight is 202 g/mol. The van der Waals surface area contributed by atoms with Gasteiger partial charge in [-0.25, -0.2) is 0 Å². The summed E-state index contributed by atoms with van der Waals surface area (Å²) in [6.45, 7) is 4.53. The van der Waals surface area contributed by atoms with Gasteiger partial charge in [-0.3, -0.25) is 11.3 Å². The molecule has 0 aromatic rings. The van der Waals surface area contributed by atoms with Crippen LogP contribution in [-0.4, -0.2) is 17.0 Å². The standard InChI is InChI=1S/C10H22N2S/c1-3-8(2)10(12-11)9-6-4-5-7-13-9/h8-10,12H,3-7,11H2,1-2H3. The van der Waals surface area contributed by atoms with Crippen molar-refractivity contribution in [1.82, 2.24) is 5.43 Å². The molecule has 3 atom stereocenters. The van der Waals surface area contributed by atoms with Crippen LogP contribution in [-0.2, 0) is 0 Å². The molecule has 2 nitrogen and oxygen atoms in total. The molecule has 0 bridgehead atoms. The van der Waals surface area contributed by atoms with Crippen molar-refractivity contribution in [3.8, 4) is 0 Å². The largest absolute Gasteiger partial charge is 0.271 e. The molecule has 1 aliphatic rings. The summed E-state index contributed by atoms with van der Waals surface area (Å²) in [4.78, 5) is 0. The fourth-order valence-electron chi connectivity index (χ4n) is 1.94. The van der Waals surface area contributed by atoms with Gasteiger partial charge in [-0.15, -0.1) is 0 Å². The van der Waals surface area contributed by atoms with Crippen molar-refractivity contribution in [1.29, 1.82) is 0 Å². The van der Waals surface area contributed by atoms with Crippen LogP contribution >= 0.6 is 11.8 Å². The lowest BCUT2D eigenvalue weighted by atomic mass is 9.94. The summed E-state index contributed by atoms with van der Waals surface area (Å²) >= 11 is 2.10. The third kappa shape index (κ3) is 3.15. The Morgan fingerprint density at radius 1 is 1.54 bits per heavy atom. The van der Waals surface area contributed by atoms with Crippen molar-refractivity contribution in [3.05, 3.63) is 0 Å². The van der Waals surface area contributed by atoms with E-state index < -0.39 is 0 Å². The van der Waals surface area contributed by atoms with Gasteiger partial charge in [0.15, 0.2) is 0 Å². The highest BCUT2D eigenvalue weighted by atomic mass is 32.2. The predicted molar refractivity (Wildman–Crippen MR) is 60.7 cm³/mol. The van der Waals surface area contributed by atoms with E-state index in [4.69, 9.17) is 5.84 Å². The summed E-state index contributed by atoms with van der Waals surface area (Å²) in [5, 5.41) is 0.744. The Bertz CT molecular complexity index is 135. The molecule has 3 heteroatoms. The normalized spacial score (nSPS) is 28.4. The molecule has 1 aliphatic heterocycles. The van der Waals surface area contributed by atoms with Crippen LogP contribution in [0.2, 0.25) is 0 Å². The summed E-state index contributed by atoms with van der Waals surface area (Å²) in [5.41, 5.74) is 3.00. The third-order valence-electron chi connectivity index (χ3n) is 3.06. The summed E-state index contributed by atoms with van der Waals surface area (Å²) in [7, 11) is 0.